The SMILES string of the molecule is [C-]1=CC=CC1.[C-]1=CC=CC1.[Cl][Pd][Cl].[Fe+2].c1ccc(Pc2ccccc2)cc1. The molecule has 0 radical (unpaired) electrons. The molecular formula is C22H21Cl2FePPd. The van der Waals surface area contributed by atoms with E-state index < -0.39 is 0 Å². The Morgan fingerprint density at radius 1 is 0.704 bits per heavy atom. The van der Waals surface area contributed by atoms with Gasteiger partial charge in [0.2, 0.25) is 0 Å². The van der Waals surface area contributed by atoms with Gasteiger partial charge in [0.25, 0.3) is 0 Å². The maximum Gasteiger partial charge on any atom is 2.00 e. The third kappa shape index (κ3) is 16.3. The average molecular weight is 550 g/mol. The Labute approximate surface area is 192 Å². The minimum atomic E-state index is -0.106. The molecule has 0 saturated heterocycles. The van der Waals surface area contributed by atoms with E-state index in [0.29, 0.717) is 0 Å². The predicted molar refractivity (Wildman–Crippen MR) is 115 cm³/mol. The molecule has 2 aromatic rings. The van der Waals surface area contributed by atoms with Gasteiger partial charge in [0.15, 0.2) is 0 Å². The standard InChI is InChI=1S/C12H11P.2C5H5.2ClH.Fe.Pd/c1-3-7-11(8-4-1)13-12-9-5-2-6-10-12;2*1-2-4-5-3-1;;;;/h1-10,13H;2*1-3H,4H2;2*1H;;/q;2*-1;;;2*+2/p-2. The van der Waals surface area contributed by atoms with Crippen LogP contribution >= 0.6 is 27.6 Å². The summed E-state index contributed by atoms with van der Waals surface area (Å²) in [5.74, 6) is 0. The molecule has 0 spiro atoms. The van der Waals surface area contributed by atoms with Crippen LogP contribution < -0.4 is 10.6 Å². The van der Waals surface area contributed by atoms with Crippen LogP contribution in [0.25, 0.3) is 0 Å². The van der Waals surface area contributed by atoms with Gasteiger partial charge >= 0.3 is 52.1 Å². The summed E-state index contributed by atoms with van der Waals surface area (Å²) >= 11 is -0.106. The maximum absolute atomic E-state index is 4.81. The number of hydrogen-bond donors (Lipinski definition) is 0. The van der Waals surface area contributed by atoms with Crippen LogP contribution in [-0.4, -0.2) is 0 Å². The van der Waals surface area contributed by atoms with Crippen LogP contribution in [0.3, 0.4) is 0 Å². The van der Waals surface area contributed by atoms with Gasteiger partial charge in [-0.15, -0.1) is 12.8 Å². The molecule has 27 heavy (non-hydrogen) atoms. The Morgan fingerprint density at radius 3 is 1.30 bits per heavy atom. The predicted octanol–water partition coefficient (Wildman–Crippen LogP) is 6.30. The molecule has 0 fully saturated rings. The second-order valence-electron chi connectivity index (χ2n) is 4.91. The summed E-state index contributed by atoms with van der Waals surface area (Å²) in [7, 11) is 10.4. The van der Waals surface area contributed by atoms with Crippen molar-refractivity contribution in [1.29, 1.82) is 0 Å². The Hall–Kier alpha value is -0.408. The van der Waals surface area contributed by atoms with E-state index in [9.17, 15) is 0 Å². The topological polar surface area (TPSA) is 0 Å². The first-order valence-electron chi connectivity index (χ1n) is 7.99. The van der Waals surface area contributed by atoms with E-state index in [1.165, 1.54) is 10.6 Å². The summed E-state index contributed by atoms with van der Waals surface area (Å²) in [6, 6.07) is 21.2. The molecule has 0 nitrogen and oxygen atoms in total. The zero-order valence-corrected chi connectivity index (χ0v) is 19.7. The molecule has 2 aliphatic carbocycles. The fourth-order valence-corrected chi connectivity index (χ4v) is 2.94. The Balaban J connectivity index is 0.000000400. The third-order valence-corrected chi connectivity index (χ3v) is 4.25. The van der Waals surface area contributed by atoms with Crippen LogP contribution in [0.15, 0.2) is 97.1 Å². The van der Waals surface area contributed by atoms with Gasteiger partial charge in [0.1, 0.15) is 0 Å². The number of halogens is 2. The molecule has 0 aromatic heterocycles. The molecule has 0 unspecified atom stereocenters. The molecule has 0 amide bonds. The summed E-state index contributed by atoms with van der Waals surface area (Å²) < 4.78 is 0. The van der Waals surface area contributed by atoms with E-state index in [4.69, 9.17) is 19.1 Å². The Bertz CT molecular complexity index is 606. The molecule has 0 heterocycles. The van der Waals surface area contributed by atoms with Gasteiger partial charge in [-0.2, -0.15) is 12.2 Å². The second-order valence-corrected chi connectivity index (χ2v) is 8.67. The van der Waals surface area contributed by atoms with Crippen molar-refractivity contribution in [2.75, 3.05) is 0 Å². The number of hydrogen-bond acceptors (Lipinski definition) is 0. The van der Waals surface area contributed by atoms with Crippen LogP contribution in [0.2, 0.25) is 0 Å². The van der Waals surface area contributed by atoms with E-state index in [-0.39, 0.29) is 33.0 Å². The first kappa shape index (κ1) is 26.6. The van der Waals surface area contributed by atoms with Crippen LogP contribution in [0.4, 0.5) is 0 Å². The third-order valence-electron chi connectivity index (χ3n) is 3.01. The van der Waals surface area contributed by atoms with Crippen molar-refractivity contribution in [1.82, 2.24) is 0 Å². The van der Waals surface area contributed by atoms with Gasteiger partial charge in [0, 0.05) is 0 Å². The first-order chi connectivity index (χ1) is 12.9. The van der Waals surface area contributed by atoms with Crippen LogP contribution in [0, 0.1) is 12.2 Å². The molecular weight excluding hydrogens is 528 g/mol. The molecule has 4 rings (SSSR count). The van der Waals surface area contributed by atoms with Gasteiger partial charge in [-0.1, -0.05) is 69.2 Å². The van der Waals surface area contributed by atoms with E-state index in [2.05, 4.69) is 85.0 Å². The Morgan fingerprint density at radius 2 is 1.07 bits per heavy atom. The molecule has 146 valence electrons. The van der Waals surface area contributed by atoms with Crippen LogP contribution in [0.1, 0.15) is 12.8 Å². The zero-order valence-electron chi connectivity index (χ0n) is 14.6. The molecule has 5 heteroatoms. The minimum absolute atomic E-state index is 0. The van der Waals surface area contributed by atoms with Gasteiger partial charge < -0.3 is 0 Å². The zero-order chi connectivity index (χ0) is 18.7. The largest absolute Gasteiger partial charge is 2.00 e. The normalized spacial score (nSPS) is 12.1. The monoisotopic (exact) mass is 548 g/mol. The van der Waals surface area contributed by atoms with Crippen LogP contribution in [-0.2, 0) is 33.0 Å². The first-order valence-corrected chi connectivity index (χ1v) is 13.0. The summed E-state index contributed by atoms with van der Waals surface area (Å²) in [5.41, 5.74) is 0. The van der Waals surface area contributed by atoms with Gasteiger partial charge in [-0.05, 0) is 10.6 Å². The van der Waals surface area contributed by atoms with Crippen molar-refractivity contribution in [3.8, 4) is 0 Å². The molecule has 0 aliphatic heterocycles. The maximum atomic E-state index is 4.81. The molecule has 2 aliphatic rings. The summed E-state index contributed by atoms with van der Waals surface area (Å²) in [6.45, 7) is 0. The van der Waals surface area contributed by atoms with Crippen molar-refractivity contribution in [2.45, 2.75) is 12.8 Å². The van der Waals surface area contributed by atoms with Crippen molar-refractivity contribution in [3.05, 3.63) is 109 Å². The molecule has 2 aromatic carbocycles. The summed E-state index contributed by atoms with van der Waals surface area (Å²) in [4.78, 5) is 0. The molecule has 0 N–H and O–H groups in total. The molecule has 0 atom stereocenters. The van der Waals surface area contributed by atoms with Crippen molar-refractivity contribution in [2.24, 2.45) is 0 Å². The van der Waals surface area contributed by atoms with Crippen LogP contribution in [0.5, 0.6) is 0 Å². The fourth-order valence-electron chi connectivity index (χ4n) is 1.89. The number of benzene rings is 2. The van der Waals surface area contributed by atoms with Crippen molar-refractivity contribution in [3.63, 3.8) is 0 Å². The van der Waals surface area contributed by atoms with E-state index in [1.807, 2.05) is 24.3 Å². The van der Waals surface area contributed by atoms with Gasteiger partial charge in [-0.25, -0.2) is 24.3 Å². The van der Waals surface area contributed by atoms with Crippen molar-refractivity contribution >= 4 is 38.2 Å². The number of rotatable bonds is 2. The molecule has 0 saturated carbocycles. The van der Waals surface area contributed by atoms with E-state index >= 15 is 0 Å². The molecule has 0 bridgehead atoms. The van der Waals surface area contributed by atoms with Crippen molar-refractivity contribution < 1.29 is 33.0 Å². The van der Waals surface area contributed by atoms with E-state index in [1.54, 1.807) is 0 Å². The van der Waals surface area contributed by atoms with Gasteiger partial charge in [-0.3, -0.25) is 12.2 Å². The second kappa shape index (κ2) is 20.3. The Kier molecular flexibility index (Phi) is 20.0. The smallest absolute Gasteiger partial charge is 0.0622 e. The number of allylic oxidation sites excluding steroid dienone is 8. The van der Waals surface area contributed by atoms with E-state index in [0.717, 1.165) is 21.4 Å². The fraction of sp³-hybridized carbons (Fsp3) is 0.0909. The summed E-state index contributed by atoms with van der Waals surface area (Å²) in [5, 5.41) is 2.79. The minimum Gasteiger partial charge on any atom is -0.0622 e. The quantitative estimate of drug-likeness (QED) is 0.234. The summed E-state index contributed by atoms with van der Waals surface area (Å²) in [6.07, 6.45) is 20.0. The average Bonchev–Trinajstić information content (AvgIpc) is 3.43. The van der Waals surface area contributed by atoms with Gasteiger partial charge in [0.05, 0.1) is 0 Å².